The normalized spacial score (nSPS) is 30.7. The Labute approximate surface area is 89.7 Å². The first-order valence-electron chi connectivity index (χ1n) is 4.98. The summed E-state index contributed by atoms with van der Waals surface area (Å²) in [7, 11) is -3.48. The molecule has 3 unspecified atom stereocenters. The van der Waals surface area contributed by atoms with Crippen LogP contribution in [0.25, 0.3) is 0 Å². The van der Waals surface area contributed by atoms with E-state index in [0.29, 0.717) is 6.42 Å². The van der Waals surface area contributed by atoms with Crippen LogP contribution in [0.3, 0.4) is 0 Å². The highest BCUT2D eigenvalue weighted by atomic mass is 32.2. The number of nitrogens with two attached hydrogens (primary N) is 1. The molecule has 7 heteroatoms. The molecule has 0 aromatic carbocycles. The van der Waals surface area contributed by atoms with Gasteiger partial charge in [0, 0.05) is 19.6 Å². The summed E-state index contributed by atoms with van der Waals surface area (Å²) in [5, 5.41) is 17.9. The molecule has 0 spiro atoms. The molecule has 90 valence electrons. The topological polar surface area (TPSA) is 104 Å². The van der Waals surface area contributed by atoms with Crippen LogP contribution in [0.4, 0.5) is 0 Å². The zero-order valence-electron chi connectivity index (χ0n) is 8.70. The van der Waals surface area contributed by atoms with Gasteiger partial charge in [-0.2, -0.15) is 4.31 Å². The van der Waals surface area contributed by atoms with Gasteiger partial charge in [-0.1, -0.05) is 6.92 Å². The van der Waals surface area contributed by atoms with Crippen LogP contribution < -0.4 is 5.73 Å². The molecular formula is C8H18N2O4S. The van der Waals surface area contributed by atoms with Crippen LogP contribution in [0.1, 0.15) is 13.3 Å². The summed E-state index contributed by atoms with van der Waals surface area (Å²) < 4.78 is 24.9. The van der Waals surface area contributed by atoms with Crippen LogP contribution in [0.15, 0.2) is 0 Å². The first kappa shape index (κ1) is 12.9. The lowest BCUT2D eigenvalue weighted by Gasteiger charge is -2.21. The van der Waals surface area contributed by atoms with Crippen LogP contribution in [0.2, 0.25) is 0 Å². The van der Waals surface area contributed by atoms with Gasteiger partial charge in [0.15, 0.2) is 0 Å². The van der Waals surface area contributed by atoms with E-state index in [1.165, 1.54) is 0 Å². The van der Waals surface area contributed by atoms with Crippen molar-refractivity contribution in [1.29, 1.82) is 0 Å². The van der Waals surface area contributed by atoms with Crippen molar-refractivity contribution in [2.45, 2.75) is 30.8 Å². The van der Waals surface area contributed by atoms with E-state index in [4.69, 9.17) is 5.73 Å². The van der Waals surface area contributed by atoms with Gasteiger partial charge < -0.3 is 15.9 Å². The van der Waals surface area contributed by atoms with E-state index >= 15 is 0 Å². The lowest BCUT2D eigenvalue weighted by atomic mass is 10.3. The Bertz CT molecular complexity index is 292. The molecule has 0 aromatic rings. The molecule has 4 N–H and O–H groups in total. The summed E-state index contributed by atoms with van der Waals surface area (Å²) in [5.74, 6) is 0. The minimum atomic E-state index is -3.48. The van der Waals surface area contributed by atoms with Gasteiger partial charge in [-0.25, -0.2) is 8.42 Å². The second-order valence-corrected chi connectivity index (χ2v) is 5.98. The molecule has 6 nitrogen and oxygen atoms in total. The van der Waals surface area contributed by atoms with E-state index in [0.717, 1.165) is 4.31 Å². The van der Waals surface area contributed by atoms with Crippen molar-refractivity contribution in [3.63, 3.8) is 0 Å². The molecule has 0 amide bonds. The number of rotatable bonds is 4. The Kier molecular flexibility index (Phi) is 4.07. The Balaban J connectivity index is 2.79. The van der Waals surface area contributed by atoms with Gasteiger partial charge in [0.2, 0.25) is 10.0 Å². The van der Waals surface area contributed by atoms with Crippen LogP contribution in [0, 0.1) is 0 Å². The Morgan fingerprint density at radius 3 is 2.20 bits per heavy atom. The summed E-state index contributed by atoms with van der Waals surface area (Å²) in [6.45, 7) is 1.72. The largest absolute Gasteiger partial charge is 0.389 e. The Morgan fingerprint density at radius 2 is 1.87 bits per heavy atom. The highest BCUT2D eigenvalue weighted by molar-refractivity contribution is 7.89. The maximum absolute atomic E-state index is 11.9. The number of nitrogens with zero attached hydrogens (tertiary/aromatic N) is 1. The molecule has 0 radical (unpaired) electrons. The maximum Gasteiger partial charge on any atom is 0.218 e. The average molecular weight is 238 g/mol. The van der Waals surface area contributed by atoms with Gasteiger partial charge in [-0.3, -0.25) is 0 Å². The lowest BCUT2D eigenvalue weighted by molar-refractivity contribution is 0.0572. The zero-order valence-corrected chi connectivity index (χ0v) is 9.52. The first-order chi connectivity index (χ1) is 6.93. The first-order valence-corrected chi connectivity index (χ1v) is 6.49. The van der Waals surface area contributed by atoms with Crippen molar-refractivity contribution in [3.8, 4) is 0 Å². The fourth-order valence-corrected chi connectivity index (χ4v) is 3.46. The van der Waals surface area contributed by atoms with Crippen molar-refractivity contribution in [2.75, 3.05) is 19.6 Å². The van der Waals surface area contributed by atoms with Gasteiger partial charge in [0.1, 0.15) is 0 Å². The molecule has 15 heavy (non-hydrogen) atoms. The molecule has 0 saturated carbocycles. The standard InChI is InChI=1S/C8H18N2O4S/c1-2-6(3-9)15(13,14)10-4-7(11)8(12)5-10/h6-8,11-12H,2-5,9H2,1H3. The summed E-state index contributed by atoms with van der Waals surface area (Å²) in [6, 6.07) is 0. The third kappa shape index (κ3) is 2.48. The lowest BCUT2D eigenvalue weighted by Crippen LogP contribution is -2.41. The highest BCUT2D eigenvalue weighted by Gasteiger charge is 2.39. The van der Waals surface area contributed by atoms with Crippen LogP contribution in [-0.4, -0.2) is 60.0 Å². The smallest absolute Gasteiger partial charge is 0.218 e. The summed E-state index contributed by atoms with van der Waals surface area (Å²) in [5.41, 5.74) is 5.38. The second-order valence-electron chi connectivity index (χ2n) is 3.76. The van der Waals surface area contributed by atoms with E-state index < -0.39 is 27.5 Å². The van der Waals surface area contributed by atoms with Crippen LogP contribution >= 0.6 is 0 Å². The van der Waals surface area contributed by atoms with Crippen LogP contribution in [0.5, 0.6) is 0 Å². The predicted octanol–water partition coefficient (Wildman–Crippen LogP) is -1.91. The van der Waals surface area contributed by atoms with E-state index in [1.54, 1.807) is 6.92 Å². The van der Waals surface area contributed by atoms with Gasteiger partial charge in [-0.05, 0) is 6.42 Å². The number of hydrogen-bond acceptors (Lipinski definition) is 5. The number of hydrogen-bond donors (Lipinski definition) is 3. The van der Waals surface area contributed by atoms with Gasteiger partial charge in [0.05, 0.1) is 17.5 Å². The average Bonchev–Trinajstić information content (AvgIpc) is 2.49. The molecule has 3 atom stereocenters. The van der Waals surface area contributed by atoms with E-state index in [1.807, 2.05) is 0 Å². The predicted molar refractivity (Wildman–Crippen MR) is 55.6 cm³/mol. The van der Waals surface area contributed by atoms with Crippen molar-refractivity contribution in [1.82, 2.24) is 4.31 Å². The summed E-state index contributed by atoms with van der Waals surface area (Å²) in [4.78, 5) is 0. The number of aliphatic hydroxyl groups is 2. The fourth-order valence-electron chi connectivity index (χ4n) is 1.65. The molecule has 1 aliphatic heterocycles. The van der Waals surface area contributed by atoms with Crippen molar-refractivity contribution in [2.24, 2.45) is 5.73 Å². The van der Waals surface area contributed by atoms with Gasteiger partial charge in [-0.15, -0.1) is 0 Å². The van der Waals surface area contributed by atoms with Crippen molar-refractivity contribution < 1.29 is 18.6 Å². The fraction of sp³-hybridized carbons (Fsp3) is 1.00. The molecule has 0 bridgehead atoms. The quantitative estimate of drug-likeness (QED) is 0.530. The SMILES string of the molecule is CCC(CN)S(=O)(=O)N1CC(O)C(O)C1. The van der Waals surface area contributed by atoms with Gasteiger partial charge >= 0.3 is 0 Å². The van der Waals surface area contributed by atoms with Gasteiger partial charge in [0.25, 0.3) is 0 Å². The highest BCUT2D eigenvalue weighted by Crippen LogP contribution is 2.19. The molecule has 1 fully saturated rings. The zero-order chi connectivity index (χ0) is 11.6. The number of aliphatic hydroxyl groups excluding tert-OH is 2. The monoisotopic (exact) mass is 238 g/mol. The minimum absolute atomic E-state index is 0.0417. The molecule has 1 heterocycles. The third-order valence-electron chi connectivity index (χ3n) is 2.72. The number of β-amino-alcohol motifs (C(OH)–C–C–N with tert-alkyl or cyclic N) is 2. The number of sulfonamides is 1. The molecular weight excluding hydrogens is 220 g/mol. The Morgan fingerprint density at radius 1 is 1.40 bits per heavy atom. The van der Waals surface area contributed by atoms with Crippen LogP contribution in [-0.2, 0) is 10.0 Å². The molecule has 1 rings (SSSR count). The molecule has 0 aliphatic carbocycles. The Hall–Kier alpha value is -0.210. The van der Waals surface area contributed by atoms with E-state index in [2.05, 4.69) is 0 Å². The third-order valence-corrected chi connectivity index (χ3v) is 5.11. The molecule has 0 aromatic heterocycles. The molecule has 1 aliphatic rings. The maximum atomic E-state index is 11.9. The van der Waals surface area contributed by atoms with E-state index in [9.17, 15) is 18.6 Å². The van der Waals surface area contributed by atoms with Crippen molar-refractivity contribution >= 4 is 10.0 Å². The summed E-state index contributed by atoms with van der Waals surface area (Å²) >= 11 is 0. The summed E-state index contributed by atoms with van der Waals surface area (Å²) in [6.07, 6.45) is -1.55. The second kappa shape index (κ2) is 4.75. The minimum Gasteiger partial charge on any atom is -0.389 e. The van der Waals surface area contributed by atoms with Crippen molar-refractivity contribution in [3.05, 3.63) is 0 Å². The van der Waals surface area contributed by atoms with E-state index in [-0.39, 0.29) is 19.6 Å². The molecule has 1 saturated heterocycles.